The molecule has 2 heterocycles. The zero-order valence-electron chi connectivity index (χ0n) is 30.7. The molecular weight excluding hydrogens is 665 g/mol. The molecular formula is C53H36N2. The van der Waals surface area contributed by atoms with Crippen molar-refractivity contribution < 1.29 is 0 Å². The maximum absolute atomic E-state index is 2.49. The lowest BCUT2D eigenvalue weighted by Crippen LogP contribution is -2.15. The Morgan fingerprint density at radius 3 is 1.76 bits per heavy atom. The molecule has 2 aromatic heterocycles. The fourth-order valence-corrected chi connectivity index (χ4v) is 9.89. The molecule has 0 bridgehead atoms. The number of hydrogen-bond acceptors (Lipinski definition) is 0. The lowest BCUT2D eigenvalue weighted by atomic mass is 9.82. The van der Waals surface area contributed by atoms with E-state index in [2.05, 4.69) is 205 Å². The molecule has 12 rings (SSSR count). The van der Waals surface area contributed by atoms with Gasteiger partial charge < -0.3 is 9.13 Å². The van der Waals surface area contributed by atoms with Crippen molar-refractivity contribution in [2.75, 3.05) is 0 Å². The summed E-state index contributed by atoms with van der Waals surface area (Å²) < 4.78 is 4.95. The van der Waals surface area contributed by atoms with Crippen LogP contribution in [0.5, 0.6) is 0 Å². The average molecular weight is 701 g/mol. The number of para-hydroxylation sites is 2. The maximum atomic E-state index is 2.49. The van der Waals surface area contributed by atoms with Crippen molar-refractivity contribution in [1.29, 1.82) is 0 Å². The normalized spacial score (nSPS) is 13.4. The third kappa shape index (κ3) is 4.20. The summed E-state index contributed by atoms with van der Waals surface area (Å²) in [5, 5.41) is 10.1. The highest BCUT2D eigenvalue weighted by atomic mass is 15.0. The van der Waals surface area contributed by atoms with Gasteiger partial charge in [-0.25, -0.2) is 0 Å². The first-order valence-electron chi connectivity index (χ1n) is 19.3. The minimum absolute atomic E-state index is 0.0614. The maximum Gasteiger partial charge on any atom is 0.0547 e. The van der Waals surface area contributed by atoms with E-state index in [0.717, 1.165) is 0 Å². The predicted molar refractivity (Wildman–Crippen MR) is 233 cm³/mol. The second kappa shape index (κ2) is 11.1. The quantitative estimate of drug-likeness (QED) is 0.162. The van der Waals surface area contributed by atoms with E-state index in [1.807, 2.05) is 0 Å². The van der Waals surface area contributed by atoms with E-state index >= 15 is 0 Å². The van der Waals surface area contributed by atoms with Gasteiger partial charge in [-0.15, -0.1) is 0 Å². The van der Waals surface area contributed by atoms with Crippen LogP contribution in [-0.4, -0.2) is 9.13 Å². The van der Waals surface area contributed by atoms with Crippen LogP contribution in [-0.2, 0) is 5.41 Å². The number of fused-ring (bicyclic) bond motifs is 12. The molecule has 0 aliphatic heterocycles. The van der Waals surface area contributed by atoms with Gasteiger partial charge in [0.05, 0.1) is 27.8 Å². The van der Waals surface area contributed by atoms with Gasteiger partial charge in [-0.2, -0.15) is 0 Å². The average Bonchev–Trinajstić information content (AvgIpc) is 3.83. The van der Waals surface area contributed by atoms with Crippen LogP contribution >= 0.6 is 0 Å². The van der Waals surface area contributed by atoms with Crippen LogP contribution in [0, 0.1) is 0 Å². The molecule has 258 valence electrons. The molecule has 0 N–H and O–H groups in total. The van der Waals surface area contributed by atoms with Crippen molar-refractivity contribution in [1.82, 2.24) is 9.13 Å². The summed E-state index contributed by atoms with van der Waals surface area (Å²) in [6.45, 7) is 4.72. The Hall–Kier alpha value is -6.90. The van der Waals surface area contributed by atoms with Crippen molar-refractivity contribution in [3.63, 3.8) is 0 Å². The second-order valence-electron chi connectivity index (χ2n) is 15.7. The van der Waals surface area contributed by atoms with Crippen LogP contribution in [0.15, 0.2) is 182 Å². The number of aromatic nitrogens is 2. The van der Waals surface area contributed by atoms with Crippen LogP contribution < -0.4 is 0 Å². The Morgan fingerprint density at radius 2 is 0.927 bits per heavy atom. The van der Waals surface area contributed by atoms with Crippen molar-refractivity contribution in [3.8, 4) is 33.6 Å². The highest BCUT2D eigenvalue weighted by Gasteiger charge is 2.35. The van der Waals surface area contributed by atoms with E-state index in [4.69, 9.17) is 0 Å². The van der Waals surface area contributed by atoms with Gasteiger partial charge in [-0.05, 0) is 98.1 Å². The summed E-state index contributed by atoms with van der Waals surface area (Å²) in [7, 11) is 0. The topological polar surface area (TPSA) is 9.86 Å². The molecule has 2 nitrogen and oxygen atoms in total. The lowest BCUT2D eigenvalue weighted by molar-refractivity contribution is 0.660. The molecule has 0 saturated carbocycles. The van der Waals surface area contributed by atoms with Crippen molar-refractivity contribution in [3.05, 3.63) is 193 Å². The molecule has 0 atom stereocenters. The van der Waals surface area contributed by atoms with E-state index < -0.39 is 0 Å². The molecule has 1 aliphatic rings. The first-order chi connectivity index (χ1) is 27.0. The summed E-state index contributed by atoms with van der Waals surface area (Å²) in [6.07, 6.45) is 0. The highest BCUT2D eigenvalue weighted by molar-refractivity contribution is 6.16. The number of rotatable bonds is 3. The van der Waals surface area contributed by atoms with Crippen LogP contribution in [0.3, 0.4) is 0 Å². The van der Waals surface area contributed by atoms with Crippen LogP contribution in [0.1, 0.15) is 25.0 Å². The summed E-state index contributed by atoms with van der Waals surface area (Å²) in [5.74, 6) is 0. The highest BCUT2D eigenvalue weighted by Crippen LogP contribution is 2.49. The molecule has 2 heteroatoms. The lowest BCUT2D eigenvalue weighted by Gasteiger charge is -2.22. The summed E-state index contributed by atoms with van der Waals surface area (Å²) in [6, 6.07) is 67.7. The SMILES string of the molecule is CC1(C)c2ccccc2-c2ccc(-n3c4ccccc4c4cc(-c5ccc6c7ccccc7n(-c7cc8ccccc8c8ccccc78)c6c5)ccc43)cc21. The van der Waals surface area contributed by atoms with Gasteiger partial charge in [0.15, 0.2) is 0 Å². The third-order valence-corrected chi connectivity index (χ3v) is 12.5. The van der Waals surface area contributed by atoms with Gasteiger partial charge in [-0.1, -0.05) is 147 Å². The Labute approximate surface area is 319 Å². The minimum atomic E-state index is -0.0614. The van der Waals surface area contributed by atoms with Crippen molar-refractivity contribution >= 4 is 65.2 Å². The fourth-order valence-electron chi connectivity index (χ4n) is 9.89. The molecule has 0 unspecified atom stereocenters. The Balaban J connectivity index is 1.06. The van der Waals surface area contributed by atoms with Gasteiger partial charge in [0.2, 0.25) is 0 Å². The van der Waals surface area contributed by atoms with E-state index in [-0.39, 0.29) is 5.41 Å². The number of benzene rings is 9. The third-order valence-electron chi connectivity index (χ3n) is 12.5. The van der Waals surface area contributed by atoms with Gasteiger partial charge in [0.1, 0.15) is 0 Å². The molecule has 0 radical (unpaired) electrons. The standard InChI is InChI=1S/C53H36N2/c1-53(2)46-20-10-7-16-39(46)40-27-25-36(32-47(40)53)54-48-21-11-9-19-43(48)45-29-33(24-28-50(45)54)34-23-26-44-42-18-8-12-22-49(42)55(51(44)30-34)52-31-35-13-3-4-14-37(35)38-15-5-6-17-41(38)52/h3-32H,1-2H3. The monoisotopic (exact) mass is 700 g/mol. The smallest absolute Gasteiger partial charge is 0.0547 e. The first-order valence-corrected chi connectivity index (χ1v) is 19.3. The molecule has 0 amide bonds. The Kier molecular flexibility index (Phi) is 6.15. The largest absolute Gasteiger partial charge is 0.309 e. The van der Waals surface area contributed by atoms with Crippen LogP contribution in [0.25, 0.3) is 98.8 Å². The molecule has 55 heavy (non-hydrogen) atoms. The number of hydrogen-bond donors (Lipinski definition) is 0. The fraction of sp³-hybridized carbons (Fsp3) is 0.0566. The summed E-state index contributed by atoms with van der Waals surface area (Å²) >= 11 is 0. The van der Waals surface area contributed by atoms with Crippen LogP contribution in [0.2, 0.25) is 0 Å². The molecule has 0 spiro atoms. The summed E-state index contributed by atoms with van der Waals surface area (Å²) in [5.41, 5.74) is 15.1. The van der Waals surface area contributed by atoms with E-state index in [1.54, 1.807) is 0 Å². The van der Waals surface area contributed by atoms with E-state index in [1.165, 1.54) is 110 Å². The van der Waals surface area contributed by atoms with Gasteiger partial charge in [0.25, 0.3) is 0 Å². The molecule has 0 saturated heterocycles. The Morgan fingerprint density at radius 1 is 0.345 bits per heavy atom. The van der Waals surface area contributed by atoms with Gasteiger partial charge in [0, 0.05) is 38.0 Å². The second-order valence-corrected chi connectivity index (χ2v) is 15.7. The van der Waals surface area contributed by atoms with Crippen molar-refractivity contribution in [2.45, 2.75) is 19.3 Å². The molecule has 1 aliphatic carbocycles. The Bertz CT molecular complexity index is 3410. The molecule has 9 aromatic carbocycles. The minimum Gasteiger partial charge on any atom is -0.309 e. The van der Waals surface area contributed by atoms with E-state index in [9.17, 15) is 0 Å². The van der Waals surface area contributed by atoms with E-state index in [0.29, 0.717) is 0 Å². The molecule has 11 aromatic rings. The zero-order valence-corrected chi connectivity index (χ0v) is 30.7. The van der Waals surface area contributed by atoms with Crippen LogP contribution in [0.4, 0.5) is 0 Å². The zero-order chi connectivity index (χ0) is 36.4. The predicted octanol–water partition coefficient (Wildman–Crippen LogP) is 14.2. The first kappa shape index (κ1) is 30.6. The molecule has 0 fully saturated rings. The van der Waals surface area contributed by atoms with Gasteiger partial charge >= 0.3 is 0 Å². The number of nitrogens with zero attached hydrogens (tertiary/aromatic N) is 2. The van der Waals surface area contributed by atoms with Crippen molar-refractivity contribution in [2.24, 2.45) is 0 Å². The summed E-state index contributed by atoms with van der Waals surface area (Å²) in [4.78, 5) is 0. The van der Waals surface area contributed by atoms with Gasteiger partial charge in [-0.3, -0.25) is 0 Å².